The Kier molecular flexibility index (Phi) is 3.68. The molecule has 0 unspecified atom stereocenters. The molecule has 1 saturated carbocycles. The van der Waals surface area contributed by atoms with Crippen molar-refractivity contribution in [3.8, 4) is 0 Å². The molecule has 1 heterocycles. The maximum absolute atomic E-state index is 13.0. The van der Waals surface area contributed by atoms with E-state index in [2.05, 4.69) is 66.4 Å². The van der Waals surface area contributed by atoms with E-state index < -0.39 is 0 Å². The van der Waals surface area contributed by atoms with Gasteiger partial charge in [-0.2, -0.15) is 0 Å². The lowest BCUT2D eigenvalue weighted by Crippen LogP contribution is -2.42. The van der Waals surface area contributed by atoms with Crippen molar-refractivity contribution < 1.29 is 4.79 Å². The predicted molar refractivity (Wildman–Crippen MR) is 93.6 cm³/mol. The minimum atomic E-state index is 0.0774. The van der Waals surface area contributed by atoms with Crippen LogP contribution in [0.15, 0.2) is 54.6 Å². The van der Waals surface area contributed by atoms with Gasteiger partial charge in [0.2, 0.25) is 0 Å². The first-order valence-corrected chi connectivity index (χ1v) is 8.72. The van der Waals surface area contributed by atoms with Crippen LogP contribution in [0.3, 0.4) is 0 Å². The number of para-hydroxylation sites is 1. The van der Waals surface area contributed by atoms with Crippen LogP contribution in [0, 0.1) is 5.92 Å². The summed E-state index contributed by atoms with van der Waals surface area (Å²) in [6.45, 7) is 3.04. The fourth-order valence-electron chi connectivity index (χ4n) is 4.40. The quantitative estimate of drug-likeness (QED) is 0.829. The van der Waals surface area contributed by atoms with E-state index in [4.69, 9.17) is 0 Å². The molecule has 118 valence electrons. The van der Waals surface area contributed by atoms with Crippen LogP contribution >= 0.6 is 0 Å². The number of carbonyl (C=O) groups excluding carboxylic acids is 1. The van der Waals surface area contributed by atoms with Crippen molar-refractivity contribution in [2.24, 2.45) is 5.92 Å². The summed E-state index contributed by atoms with van der Waals surface area (Å²) in [5.74, 6) is 0.793. The second-order valence-corrected chi connectivity index (χ2v) is 6.80. The lowest BCUT2D eigenvalue weighted by molar-refractivity contribution is -0.126. The molecule has 2 aromatic rings. The number of benzene rings is 2. The molecular weight excluding hydrogens is 282 g/mol. The number of carbonyl (C=O) groups is 1. The molecule has 0 aromatic heterocycles. The van der Waals surface area contributed by atoms with Crippen molar-refractivity contribution in [1.29, 1.82) is 0 Å². The zero-order chi connectivity index (χ0) is 15.8. The maximum Gasteiger partial charge on any atom is 0.145 e. The van der Waals surface area contributed by atoms with Gasteiger partial charge in [-0.05, 0) is 36.5 Å². The molecule has 3 atom stereocenters. The van der Waals surface area contributed by atoms with Crippen molar-refractivity contribution in [3.05, 3.63) is 65.7 Å². The van der Waals surface area contributed by atoms with Gasteiger partial charge >= 0.3 is 0 Å². The Morgan fingerprint density at radius 2 is 1.74 bits per heavy atom. The average Bonchev–Trinajstić information content (AvgIpc) is 2.91. The summed E-state index contributed by atoms with van der Waals surface area (Å²) < 4.78 is 0. The van der Waals surface area contributed by atoms with Gasteiger partial charge in [0.05, 0.1) is 5.92 Å². The van der Waals surface area contributed by atoms with E-state index in [1.165, 1.54) is 16.8 Å². The number of fused-ring (bicyclic) bond motifs is 3. The molecule has 1 aliphatic heterocycles. The highest BCUT2D eigenvalue weighted by Gasteiger charge is 2.46. The normalized spacial score (nSPS) is 26.0. The zero-order valence-corrected chi connectivity index (χ0v) is 13.6. The Morgan fingerprint density at radius 3 is 2.52 bits per heavy atom. The van der Waals surface area contributed by atoms with E-state index in [1.807, 2.05) is 0 Å². The van der Waals surface area contributed by atoms with Gasteiger partial charge in [-0.1, -0.05) is 55.5 Å². The monoisotopic (exact) mass is 305 g/mol. The fourth-order valence-corrected chi connectivity index (χ4v) is 4.40. The van der Waals surface area contributed by atoms with Gasteiger partial charge < -0.3 is 4.90 Å². The predicted octanol–water partition coefficient (Wildman–Crippen LogP) is 4.55. The molecule has 0 saturated heterocycles. The first-order chi connectivity index (χ1) is 11.3. The smallest absolute Gasteiger partial charge is 0.145 e. The van der Waals surface area contributed by atoms with E-state index >= 15 is 0 Å². The van der Waals surface area contributed by atoms with Gasteiger partial charge in [0.25, 0.3) is 0 Å². The van der Waals surface area contributed by atoms with Crippen LogP contribution in [0.4, 0.5) is 5.69 Å². The second kappa shape index (κ2) is 5.84. The van der Waals surface area contributed by atoms with Gasteiger partial charge in [-0.25, -0.2) is 0 Å². The Balaban J connectivity index is 1.72. The highest BCUT2D eigenvalue weighted by molar-refractivity contribution is 5.93. The van der Waals surface area contributed by atoms with Crippen LogP contribution in [-0.2, 0) is 11.3 Å². The molecule has 0 N–H and O–H groups in total. The standard InChI is InChI=1S/C21H23NO/c1-2-16-12-13-19-20(21(16)23)17-10-6-7-11-18(17)22(19)14-15-8-4-3-5-9-15/h3-11,16,19-20H,2,12-14H2,1H3/t16-,19-,20-/m1/s1. The van der Waals surface area contributed by atoms with Crippen molar-refractivity contribution in [1.82, 2.24) is 0 Å². The van der Waals surface area contributed by atoms with Gasteiger partial charge in [0.1, 0.15) is 5.78 Å². The summed E-state index contributed by atoms with van der Waals surface area (Å²) in [6, 6.07) is 19.4. The van der Waals surface area contributed by atoms with Crippen LogP contribution < -0.4 is 4.90 Å². The third-order valence-electron chi connectivity index (χ3n) is 5.57. The second-order valence-electron chi connectivity index (χ2n) is 6.80. The molecule has 2 aromatic carbocycles. The van der Waals surface area contributed by atoms with Crippen LogP contribution in [0.5, 0.6) is 0 Å². The molecular formula is C21H23NO. The van der Waals surface area contributed by atoms with Crippen molar-refractivity contribution in [2.45, 2.75) is 44.7 Å². The first kappa shape index (κ1) is 14.5. The largest absolute Gasteiger partial charge is 0.363 e. The van der Waals surface area contributed by atoms with Gasteiger partial charge in [0.15, 0.2) is 0 Å². The number of hydrogen-bond donors (Lipinski definition) is 0. The number of rotatable bonds is 3. The molecule has 0 spiro atoms. The number of nitrogens with zero attached hydrogens (tertiary/aromatic N) is 1. The zero-order valence-electron chi connectivity index (χ0n) is 13.6. The average molecular weight is 305 g/mol. The summed E-state index contributed by atoms with van der Waals surface area (Å²) in [4.78, 5) is 15.4. The molecule has 0 amide bonds. The Hall–Kier alpha value is -2.09. The summed E-state index contributed by atoms with van der Waals surface area (Å²) in [6.07, 6.45) is 3.13. The van der Waals surface area contributed by atoms with Crippen LogP contribution in [0.25, 0.3) is 0 Å². The highest BCUT2D eigenvalue weighted by atomic mass is 16.1. The van der Waals surface area contributed by atoms with Crippen molar-refractivity contribution in [2.75, 3.05) is 4.90 Å². The topological polar surface area (TPSA) is 20.3 Å². The van der Waals surface area contributed by atoms with E-state index in [9.17, 15) is 4.79 Å². The summed E-state index contributed by atoms with van der Waals surface area (Å²) in [7, 11) is 0. The lowest BCUT2D eigenvalue weighted by atomic mass is 9.74. The molecule has 2 nitrogen and oxygen atoms in total. The Bertz CT molecular complexity index is 709. The molecule has 2 aliphatic rings. The maximum atomic E-state index is 13.0. The number of hydrogen-bond acceptors (Lipinski definition) is 2. The first-order valence-electron chi connectivity index (χ1n) is 8.72. The minimum absolute atomic E-state index is 0.0774. The van der Waals surface area contributed by atoms with Crippen LogP contribution in [0.2, 0.25) is 0 Å². The van der Waals surface area contributed by atoms with Crippen LogP contribution in [-0.4, -0.2) is 11.8 Å². The van der Waals surface area contributed by atoms with Gasteiger partial charge in [-0.3, -0.25) is 4.79 Å². The summed E-state index contributed by atoms with van der Waals surface area (Å²) >= 11 is 0. The summed E-state index contributed by atoms with van der Waals surface area (Å²) in [5.41, 5.74) is 3.82. The van der Waals surface area contributed by atoms with Crippen molar-refractivity contribution >= 4 is 11.5 Å². The lowest BCUT2D eigenvalue weighted by Gasteiger charge is -2.36. The molecule has 23 heavy (non-hydrogen) atoms. The molecule has 0 bridgehead atoms. The number of ketones is 1. The van der Waals surface area contributed by atoms with Crippen molar-refractivity contribution in [3.63, 3.8) is 0 Å². The molecule has 1 fully saturated rings. The Morgan fingerprint density at radius 1 is 1.00 bits per heavy atom. The molecule has 1 aliphatic carbocycles. The van der Waals surface area contributed by atoms with E-state index in [1.54, 1.807) is 0 Å². The van der Waals surface area contributed by atoms with Crippen LogP contribution in [0.1, 0.15) is 43.2 Å². The molecule has 4 rings (SSSR count). The SMILES string of the molecule is CC[C@@H]1CC[C@@H]2[C@H](C1=O)c1ccccc1N2Cc1ccccc1. The number of anilines is 1. The van der Waals surface area contributed by atoms with E-state index in [-0.39, 0.29) is 11.8 Å². The third kappa shape index (κ3) is 2.37. The van der Waals surface area contributed by atoms with E-state index in [0.717, 1.165) is 25.8 Å². The Labute approximate surface area is 138 Å². The highest BCUT2D eigenvalue weighted by Crippen LogP contribution is 2.48. The minimum Gasteiger partial charge on any atom is -0.363 e. The summed E-state index contributed by atoms with van der Waals surface area (Å²) in [5, 5.41) is 0. The fraction of sp³-hybridized carbons (Fsp3) is 0.381. The number of Topliss-reactive ketones (excluding diaryl/α,β-unsaturated/α-hetero) is 1. The molecule has 0 radical (unpaired) electrons. The van der Waals surface area contributed by atoms with E-state index in [0.29, 0.717) is 11.8 Å². The van der Waals surface area contributed by atoms with Gasteiger partial charge in [0, 0.05) is 24.2 Å². The molecule has 2 heteroatoms. The third-order valence-corrected chi connectivity index (χ3v) is 5.57. The van der Waals surface area contributed by atoms with Gasteiger partial charge in [-0.15, -0.1) is 0 Å².